The molecule has 0 aliphatic heterocycles. The molecule has 0 saturated heterocycles. The van der Waals surface area contributed by atoms with E-state index >= 15 is 0 Å². The normalized spacial score (nSPS) is 9.95. The van der Waals surface area contributed by atoms with Gasteiger partial charge in [0.25, 0.3) is 0 Å². The van der Waals surface area contributed by atoms with Crippen LogP contribution < -0.4 is 10.6 Å². The van der Waals surface area contributed by atoms with Crippen molar-refractivity contribution in [2.45, 2.75) is 6.92 Å². The Morgan fingerprint density at radius 3 is 2.63 bits per heavy atom. The third-order valence-corrected chi connectivity index (χ3v) is 2.21. The maximum absolute atomic E-state index is 10.5. The van der Waals surface area contributed by atoms with Crippen molar-refractivity contribution in [3.63, 3.8) is 0 Å². The number of aliphatic carboxylic acids is 1. The first kappa shape index (κ1) is 12.7. The molecule has 2 aromatic heterocycles. The van der Waals surface area contributed by atoms with Gasteiger partial charge < -0.3 is 15.7 Å². The summed E-state index contributed by atoms with van der Waals surface area (Å²) in [5.41, 5.74) is 0.845. The third-order valence-electron chi connectivity index (χ3n) is 2.21. The summed E-state index contributed by atoms with van der Waals surface area (Å²) < 4.78 is 0. The Labute approximate surface area is 109 Å². The molecule has 0 amide bonds. The van der Waals surface area contributed by atoms with Gasteiger partial charge in [0.1, 0.15) is 24.0 Å². The fourth-order valence-electron chi connectivity index (χ4n) is 1.47. The number of carbonyl (C=O) groups is 1. The van der Waals surface area contributed by atoms with E-state index in [2.05, 4.69) is 25.6 Å². The number of nitrogens with zero attached hydrogens (tertiary/aromatic N) is 3. The number of hydrogen-bond acceptors (Lipinski definition) is 6. The molecule has 0 spiro atoms. The molecule has 0 unspecified atom stereocenters. The largest absolute Gasteiger partial charge is 0.480 e. The van der Waals surface area contributed by atoms with Crippen molar-refractivity contribution in [3.05, 3.63) is 36.4 Å². The van der Waals surface area contributed by atoms with Gasteiger partial charge in [0.2, 0.25) is 0 Å². The summed E-state index contributed by atoms with van der Waals surface area (Å²) in [7, 11) is 0. The molecule has 19 heavy (non-hydrogen) atoms. The van der Waals surface area contributed by atoms with E-state index in [0.717, 1.165) is 5.69 Å². The van der Waals surface area contributed by atoms with Gasteiger partial charge in [-0.3, -0.25) is 9.78 Å². The first-order valence-corrected chi connectivity index (χ1v) is 5.62. The van der Waals surface area contributed by atoms with Crippen LogP contribution in [0.15, 0.2) is 30.6 Å². The van der Waals surface area contributed by atoms with Crippen molar-refractivity contribution in [1.82, 2.24) is 15.0 Å². The smallest absolute Gasteiger partial charge is 0.322 e. The second kappa shape index (κ2) is 5.76. The Morgan fingerprint density at radius 1 is 1.26 bits per heavy atom. The number of anilines is 3. The van der Waals surface area contributed by atoms with Crippen LogP contribution >= 0.6 is 0 Å². The fraction of sp³-hybridized carbons (Fsp3) is 0.167. The van der Waals surface area contributed by atoms with Crippen molar-refractivity contribution >= 4 is 23.3 Å². The van der Waals surface area contributed by atoms with Gasteiger partial charge in [-0.05, 0) is 19.1 Å². The molecule has 0 radical (unpaired) electrons. The summed E-state index contributed by atoms with van der Waals surface area (Å²) in [6, 6.07) is 5.26. The van der Waals surface area contributed by atoms with Gasteiger partial charge in [-0.2, -0.15) is 0 Å². The van der Waals surface area contributed by atoms with Crippen molar-refractivity contribution in [2.24, 2.45) is 0 Å². The number of carboxylic acids is 1. The van der Waals surface area contributed by atoms with Crippen molar-refractivity contribution in [3.8, 4) is 0 Å². The topological polar surface area (TPSA) is 100 Å². The van der Waals surface area contributed by atoms with Gasteiger partial charge in [-0.1, -0.05) is 0 Å². The minimum atomic E-state index is -0.945. The second-order valence-corrected chi connectivity index (χ2v) is 3.79. The summed E-state index contributed by atoms with van der Waals surface area (Å²) in [5, 5.41) is 14.4. The average Bonchev–Trinajstić information content (AvgIpc) is 2.37. The molecule has 0 fully saturated rings. The Kier molecular flexibility index (Phi) is 3.87. The standard InChI is InChI=1S/C12H13N5O2/c1-8-15-10(14-7-12(18)19)6-11(16-8)17-9-2-4-13-5-3-9/h2-6H,7H2,1H3,(H,18,19)(H2,13,14,15,16,17). The van der Waals surface area contributed by atoms with E-state index in [1.807, 2.05) is 12.1 Å². The molecule has 98 valence electrons. The van der Waals surface area contributed by atoms with Gasteiger partial charge >= 0.3 is 5.97 Å². The Hall–Kier alpha value is -2.70. The van der Waals surface area contributed by atoms with Crippen LogP contribution in [0.5, 0.6) is 0 Å². The van der Waals surface area contributed by atoms with Gasteiger partial charge in [-0.25, -0.2) is 9.97 Å². The number of rotatable bonds is 5. The number of aryl methyl sites for hydroxylation is 1. The molecular formula is C12H13N5O2. The van der Waals surface area contributed by atoms with Crippen LogP contribution in [-0.2, 0) is 4.79 Å². The number of nitrogens with one attached hydrogen (secondary N) is 2. The summed E-state index contributed by atoms with van der Waals surface area (Å²) >= 11 is 0. The van der Waals surface area contributed by atoms with E-state index in [4.69, 9.17) is 5.11 Å². The molecule has 0 aliphatic rings. The number of hydrogen-bond donors (Lipinski definition) is 3. The van der Waals surface area contributed by atoms with Gasteiger partial charge in [-0.15, -0.1) is 0 Å². The maximum Gasteiger partial charge on any atom is 0.322 e. The van der Waals surface area contributed by atoms with Gasteiger partial charge in [0.05, 0.1) is 0 Å². The van der Waals surface area contributed by atoms with E-state index in [9.17, 15) is 4.79 Å². The van der Waals surface area contributed by atoms with E-state index in [1.165, 1.54) is 0 Å². The quantitative estimate of drug-likeness (QED) is 0.746. The lowest BCUT2D eigenvalue weighted by atomic mass is 10.4. The lowest BCUT2D eigenvalue weighted by Crippen LogP contribution is -2.14. The lowest BCUT2D eigenvalue weighted by molar-refractivity contribution is -0.134. The Balaban J connectivity index is 2.14. The minimum absolute atomic E-state index is 0.189. The van der Waals surface area contributed by atoms with Gasteiger partial charge in [0.15, 0.2) is 0 Å². The summed E-state index contributed by atoms with van der Waals surface area (Å²) in [6.07, 6.45) is 3.33. The molecule has 2 aromatic rings. The molecule has 2 heterocycles. The van der Waals surface area contributed by atoms with E-state index < -0.39 is 5.97 Å². The SMILES string of the molecule is Cc1nc(NCC(=O)O)cc(Nc2ccncc2)n1. The van der Waals surface area contributed by atoms with Crippen LogP contribution in [0.4, 0.5) is 17.3 Å². The summed E-state index contributed by atoms with van der Waals surface area (Å²) in [4.78, 5) is 22.8. The average molecular weight is 259 g/mol. The Morgan fingerprint density at radius 2 is 1.95 bits per heavy atom. The molecule has 7 heteroatoms. The minimum Gasteiger partial charge on any atom is -0.480 e. The summed E-state index contributed by atoms with van der Waals surface area (Å²) in [6.45, 7) is 1.55. The van der Waals surface area contributed by atoms with Crippen molar-refractivity contribution < 1.29 is 9.90 Å². The predicted octanol–water partition coefficient (Wildman–Crippen LogP) is 1.42. The summed E-state index contributed by atoms with van der Waals surface area (Å²) in [5.74, 6) is 0.657. The molecule has 0 bridgehead atoms. The van der Waals surface area contributed by atoms with Crippen LogP contribution in [0.3, 0.4) is 0 Å². The van der Waals surface area contributed by atoms with E-state index in [-0.39, 0.29) is 6.54 Å². The van der Waals surface area contributed by atoms with Crippen molar-refractivity contribution in [2.75, 3.05) is 17.2 Å². The highest BCUT2D eigenvalue weighted by molar-refractivity contribution is 5.72. The second-order valence-electron chi connectivity index (χ2n) is 3.79. The van der Waals surface area contributed by atoms with Crippen LogP contribution in [-0.4, -0.2) is 32.6 Å². The third kappa shape index (κ3) is 3.91. The zero-order chi connectivity index (χ0) is 13.7. The first-order valence-electron chi connectivity index (χ1n) is 5.62. The molecule has 0 atom stereocenters. The zero-order valence-electron chi connectivity index (χ0n) is 10.3. The molecule has 2 rings (SSSR count). The zero-order valence-corrected chi connectivity index (χ0v) is 10.3. The monoisotopic (exact) mass is 259 g/mol. The molecule has 0 saturated carbocycles. The molecular weight excluding hydrogens is 246 g/mol. The van der Waals surface area contributed by atoms with Crippen LogP contribution in [0.25, 0.3) is 0 Å². The van der Waals surface area contributed by atoms with Gasteiger partial charge in [0, 0.05) is 24.1 Å². The van der Waals surface area contributed by atoms with Crippen LogP contribution in [0.2, 0.25) is 0 Å². The van der Waals surface area contributed by atoms with E-state index in [1.54, 1.807) is 25.4 Å². The molecule has 3 N–H and O–H groups in total. The number of pyridine rings is 1. The molecule has 0 aromatic carbocycles. The van der Waals surface area contributed by atoms with E-state index in [0.29, 0.717) is 17.5 Å². The first-order chi connectivity index (χ1) is 9.13. The predicted molar refractivity (Wildman–Crippen MR) is 70.4 cm³/mol. The molecule has 0 aliphatic carbocycles. The molecule has 7 nitrogen and oxygen atoms in total. The lowest BCUT2D eigenvalue weighted by Gasteiger charge is -2.08. The Bertz CT molecular complexity index is 574. The maximum atomic E-state index is 10.5. The fourth-order valence-corrected chi connectivity index (χ4v) is 1.47. The van der Waals surface area contributed by atoms with Crippen LogP contribution in [0.1, 0.15) is 5.82 Å². The number of aromatic nitrogens is 3. The van der Waals surface area contributed by atoms with Crippen molar-refractivity contribution in [1.29, 1.82) is 0 Å². The highest BCUT2D eigenvalue weighted by atomic mass is 16.4. The highest BCUT2D eigenvalue weighted by Crippen LogP contribution is 2.16. The number of carboxylic acid groups (broad SMARTS) is 1. The van der Waals surface area contributed by atoms with Crippen LogP contribution in [0, 0.1) is 6.92 Å². The highest BCUT2D eigenvalue weighted by Gasteiger charge is 2.04.